The van der Waals surface area contributed by atoms with Crippen LogP contribution in [0.2, 0.25) is 0 Å². The van der Waals surface area contributed by atoms with Gasteiger partial charge in [0.25, 0.3) is 5.56 Å². The van der Waals surface area contributed by atoms with Crippen molar-refractivity contribution >= 4 is 16.7 Å². The number of carbonyl (C=O) groups is 1. The highest BCUT2D eigenvalue weighted by Crippen LogP contribution is 2.18. The first-order valence-electron chi connectivity index (χ1n) is 11.6. The molecule has 4 aromatic heterocycles. The largest absolute Gasteiger partial charge is 0.382 e. The molecule has 9 heteroatoms. The first kappa shape index (κ1) is 23.6. The van der Waals surface area contributed by atoms with E-state index in [1.807, 2.05) is 32.3 Å². The number of aromatic amines is 1. The SMILES string of the molecule is CCOCCCCc1ncc(-c2cnn(C)c2)n(CC(=O)CCc2cc3cnccc3[nH]2)c1=O. The van der Waals surface area contributed by atoms with Gasteiger partial charge in [-0.1, -0.05) is 0 Å². The van der Waals surface area contributed by atoms with Crippen molar-refractivity contribution in [3.05, 3.63) is 64.9 Å². The van der Waals surface area contributed by atoms with Gasteiger partial charge in [-0.25, -0.2) is 0 Å². The Kier molecular flexibility index (Phi) is 7.64. The van der Waals surface area contributed by atoms with Gasteiger partial charge in [-0.2, -0.15) is 5.10 Å². The third-order valence-electron chi connectivity index (χ3n) is 5.77. The first-order valence-corrected chi connectivity index (χ1v) is 11.6. The molecule has 9 nitrogen and oxygen atoms in total. The van der Waals surface area contributed by atoms with E-state index in [1.165, 1.54) is 0 Å². The van der Waals surface area contributed by atoms with Crippen molar-refractivity contribution in [1.29, 1.82) is 0 Å². The summed E-state index contributed by atoms with van der Waals surface area (Å²) in [7, 11) is 1.81. The van der Waals surface area contributed by atoms with E-state index in [9.17, 15) is 9.59 Å². The van der Waals surface area contributed by atoms with Gasteiger partial charge in [0.2, 0.25) is 0 Å². The molecule has 0 radical (unpaired) electrons. The van der Waals surface area contributed by atoms with E-state index in [-0.39, 0.29) is 17.9 Å². The van der Waals surface area contributed by atoms with Gasteiger partial charge < -0.3 is 9.72 Å². The van der Waals surface area contributed by atoms with E-state index in [0.717, 1.165) is 35.0 Å². The molecule has 0 aliphatic heterocycles. The average molecular weight is 463 g/mol. The van der Waals surface area contributed by atoms with Crippen LogP contribution in [0.4, 0.5) is 0 Å². The first-order chi connectivity index (χ1) is 16.5. The molecule has 1 N–H and O–H groups in total. The van der Waals surface area contributed by atoms with Crippen molar-refractivity contribution in [2.75, 3.05) is 13.2 Å². The number of hydrogen-bond acceptors (Lipinski definition) is 6. The number of hydrogen-bond donors (Lipinski definition) is 1. The van der Waals surface area contributed by atoms with Gasteiger partial charge in [0, 0.05) is 67.4 Å². The summed E-state index contributed by atoms with van der Waals surface area (Å²) in [4.78, 5) is 38.1. The van der Waals surface area contributed by atoms with Crippen LogP contribution in [0.3, 0.4) is 0 Å². The fourth-order valence-electron chi connectivity index (χ4n) is 3.98. The lowest BCUT2D eigenvalue weighted by Gasteiger charge is -2.13. The van der Waals surface area contributed by atoms with Crippen LogP contribution in [0.5, 0.6) is 0 Å². The number of aryl methyl sites for hydroxylation is 3. The Hall–Kier alpha value is -3.59. The molecule has 0 fully saturated rings. The molecule has 0 saturated carbocycles. The molecule has 0 unspecified atom stereocenters. The molecule has 0 amide bonds. The standard InChI is InChI=1S/C25H30N6O3/c1-3-34-11-5-4-6-23-25(33)31(24(15-27-23)19-14-28-30(2)16-19)17-21(32)8-7-20-12-18-13-26-10-9-22(18)29-20/h9-10,12-16,29H,3-8,11,17H2,1-2H3. The van der Waals surface area contributed by atoms with Crippen molar-refractivity contribution in [1.82, 2.24) is 29.3 Å². The van der Waals surface area contributed by atoms with Crippen molar-refractivity contribution in [3.63, 3.8) is 0 Å². The number of Topliss-reactive ketones (excluding diaryl/α,β-unsaturated/α-hetero) is 1. The van der Waals surface area contributed by atoms with Crippen LogP contribution in [-0.4, -0.2) is 48.3 Å². The molecule has 0 aliphatic carbocycles. The number of carbonyl (C=O) groups excluding carboxylic acids is 1. The van der Waals surface area contributed by atoms with E-state index in [4.69, 9.17) is 4.74 Å². The van der Waals surface area contributed by atoms with Crippen molar-refractivity contribution in [2.45, 2.75) is 45.6 Å². The van der Waals surface area contributed by atoms with Gasteiger partial charge in [-0.15, -0.1) is 0 Å². The number of H-pyrrole nitrogens is 1. The lowest BCUT2D eigenvalue weighted by Crippen LogP contribution is -2.29. The van der Waals surface area contributed by atoms with Crippen LogP contribution in [0.1, 0.15) is 37.6 Å². The van der Waals surface area contributed by atoms with Crippen LogP contribution in [0.15, 0.2) is 47.9 Å². The number of pyridine rings is 1. The number of nitrogens with zero attached hydrogens (tertiary/aromatic N) is 5. The summed E-state index contributed by atoms with van der Waals surface area (Å²) in [6, 6.07) is 3.92. The van der Waals surface area contributed by atoms with E-state index in [1.54, 1.807) is 34.0 Å². The number of rotatable bonds is 12. The molecule has 4 heterocycles. The molecular formula is C25H30N6O3. The lowest BCUT2D eigenvalue weighted by atomic mass is 10.1. The molecule has 0 atom stereocenters. The zero-order valence-electron chi connectivity index (χ0n) is 19.7. The molecule has 0 aromatic carbocycles. The Labute approximate surface area is 197 Å². The quantitative estimate of drug-likeness (QED) is 0.324. The molecule has 0 spiro atoms. The second-order valence-electron chi connectivity index (χ2n) is 8.33. The Bertz CT molecular complexity index is 1290. The van der Waals surface area contributed by atoms with Crippen molar-refractivity contribution in [3.8, 4) is 11.3 Å². The van der Waals surface area contributed by atoms with Crippen LogP contribution in [0, 0.1) is 0 Å². The summed E-state index contributed by atoms with van der Waals surface area (Å²) in [5.74, 6) is -0.0162. The van der Waals surface area contributed by atoms with Gasteiger partial charge in [-0.3, -0.25) is 28.8 Å². The molecule has 0 bridgehead atoms. The Morgan fingerprint density at radius 2 is 2.06 bits per heavy atom. The van der Waals surface area contributed by atoms with Crippen LogP contribution in [-0.2, 0) is 36.0 Å². The van der Waals surface area contributed by atoms with Gasteiger partial charge >= 0.3 is 0 Å². The van der Waals surface area contributed by atoms with Gasteiger partial charge in [0.05, 0.1) is 24.6 Å². The molecule has 0 saturated heterocycles. The minimum absolute atomic E-state index is 0.000684. The predicted molar refractivity (Wildman–Crippen MR) is 130 cm³/mol. The zero-order chi connectivity index (χ0) is 23.9. The Morgan fingerprint density at radius 1 is 1.18 bits per heavy atom. The van der Waals surface area contributed by atoms with Gasteiger partial charge in [0.15, 0.2) is 5.78 Å². The maximum Gasteiger partial charge on any atom is 0.273 e. The molecule has 4 rings (SSSR count). The summed E-state index contributed by atoms with van der Waals surface area (Å²) in [5.41, 5.74) is 3.58. The van der Waals surface area contributed by atoms with Crippen molar-refractivity contribution in [2.24, 2.45) is 7.05 Å². The summed E-state index contributed by atoms with van der Waals surface area (Å²) in [6.07, 6.45) is 11.8. The number of unbranched alkanes of at least 4 members (excludes halogenated alkanes) is 1. The molecule has 4 aromatic rings. The van der Waals surface area contributed by atoms with E-state index < -0.39 is 0 Å². The average Bonchev–Trinajstić information content (AvgIpc) is 3.45. The summed E-state index contributed by atoms with van der Waals surface area (Å²) in [6.45, 7) is 3.31. The minimum atomic E-state index is -0.220. The Morgan fingerprint density at radius 3 is 2.82 bits per heavy atom. The summed E-state index contributed by atoms with van der Waals surface area (Å²) >= 11 is 0. The zero-order valence-corrected chi connectivity index (χ0v) is 19.7. The highest BCUT2D eigenvalue weighted by atomic mass is 16.5. The third kappa shape index (κ3) is 5.66. The Balaban J connectivity index is 1.50. The predicted octanol–water partition coefficient (Wildman–Crippen LogP) is 3.08. The maximum absolute atomic E-state index is 13.3. The summed E-state index contributed by atoms with van der Waals surface area (Å²) in [5, 5.41) is 5.22. The fourth-order valence-corrected chi connectivity index (χ4v) is 3.98. The number of aromatic nitrogens is 6. The number of ketones is 1. The second kappa shape index (κ2) is 11.0. The van der Waals surface area contributed by atoms with Crippen LogP contribution < -0.4 is 5.56 Å². The van der Waals surface area contributed by atoms with E-state index >= 15 is 0 Å². The molecule has 0 aliphatic rings. The lowest BCUT2D eigenvalue weighted by molar-refractivity contribution is -0.119. The van der Waals surface area contributed by atoms with E-state index in [0.29, 0.717) is 43.9 Å². The summed E-state index contributed by atoms with van der Waals surface area (Å²) < 4.78 is 8.58. The van der Waals surface area contributed by atoms with Crippen LogP contribution in [0.25, 0.3) is 22.2 Å². The normalized spacial score (nSPS) is 11.4. The number of fused-ring (bicyclic) bond motifs is 1. The molecular weight excluding hydrogens is 432 g/mol. The minimum Gasteiger partial charge on any atom is -0.382 e. The number of nitrogens with one attached hydrogen (secondary N) is 1. The van der Waals surface area contributed by atoms with Gasteiger partial charge in [-0.05, 0) is 44.7 Å². The van der Waals surface area contributed by atoms with E-state index in [2.05, 4.69) is 20.1 Å². The second-order valence-corrected chi connectivity index (χ2v) is 8.33. The maximum atomic E-state index is 13.3. The van der Waals surface area contributed by atoms with Crippen molar-refractivity contribution < 1.29 is 9.53 Å². The monoisotopic (exact) mass is 462 g/mol. The third-order valence-corrected chi connectivity index (χ3v) is 5.77. The number of ether oxygens (including phenoxy) is 1. The highest BCUT2D eigenvalue weighted by molar-refractivity contribution is 5.81. The molecule has 34 heavy (non-hydrogen) atoms. The molecule has 178 valence electrons. The highest BCUT2D eigenvalue weighted by Gasteiger charge is 2.16. The topological polar surface area (TPSA) is 108 Å². The smallest absolute Gasteiger partial charge is 0.273 e. The van der Waals surface area contributed by atoms with Gasteiger partial charge in [0.1, 0.15) is 5.69 Å². The van der Waals surface area contributed by atoms with Crippen LogP contribution >= 0.6 is 0 Å². The fraction of sp³-hybridized carbons (Fsp3) is 0.400.